The molecule has 0 spiro atoms. The number of hydrogen-bond acceptors (Lipinski definition) is 2. The maximum atomic E-state index is 5.47. The van der Waals surface area contributed by atoms with Gasteiger partial charge in [0.15, 0.2) is 0 Å². The van der Waals surface area contributed by atoms with Crippen LogP contribution in [0.4, 0.5) is 0 Å². The fourth-order valence-electron chi connectivity index (χ4n) is 1.16. The highest BCUT2D eigenvalue weighted by Gasteiger charge is 1.97. The van der Waals surface area contributed by atoms with E-state index in [-0.39, 0.29) is 0 Å². The van der Waals surface area contributed by atoms with Crippen molar-refractivity contribution in [1.82, 2.24) is 0 Å². The monoisotopic (exact) mass is 206 g/mol. The number of benzene rings is 1. The summed E-state index contributed by atoms with van der Waals surface area (Å²) in [5.74, 6) is 0.578. The largest absolute Gasteiger partial charge is 0.469 e. The molecule has 0 fully saturated rings. The van der Waals surface area contributed by atoms with E-state index in [0.717, 1.165) is 18.4 Å². The Bertz CT molecular complexity index is 291. The molecule has 0 amide bonds. The topological polar surface area (TPSA) is 18.5 Å². The summed E-state index contributed by atoms with van der Waals surface area (Å²) in [6.45, 7) is 2.85. The van der Waals surface area contributed by atoms with Crippen molar-refractivity contribution in [1.29, 1.82) is 0 Å². The lowest BCUT2D eigenvalue weighted by atomic mass is 10.2. The van der Waals surface area contributed by atoms with E-state index in [0.29, 0.717) is 12.6 Å². The third-order valence-electron chi connectivity index (χ3n) is 2.03. The summed E-state index contributed by atoms with van der Waals surface area (Å²) in [6.07, 6.45) is 4.08. The molecule has 0 atom stereocenters. The van der Waals surface area contributed by atoms with Crippen LogP contribution in [0.3, 0.4) is 0 Å². The Balaban J connectivity index is 2.54. The second-order valence-electron chi connectivity index (χ2n) is 3.28. The number of hydrogen-bond donors (Lipinski definition) is 0. The minimum atomic E-state index is 0.578. The molecule has 0 aliphatic heterocycles. The number of unbranched alkanes of at least 4 members (excludes halogenated alkanes) is 1. The highest BCUT2D eigenvalue weighted by Crippen LogP contribution is 2.08. The van der Waals surface area contributed by atoms with E-state index in [4.69, 9.17) is 9.47 Å². The molecule has 0 aliphatic rings. The molecule has 0 unspecified atom stereocenters. The molecule has 1 aromatic carbocycles. The number of ether oxygens (including phenoxy) is 2. The third kappa shape index (κ3) is 4.54. The zero-order valence-electron chi connectivity index (χ0n) is 9.40. The van der Waals surface area contributed by atoms with Gasteiger partial charge >= 0.3 is 0 Å². The van der Waals surface area contributed by atoms with Gasteiger partial charge in [-0.25, -0.2) is 0 Å². The van der Waals surface area contributed by atoms with Crippen molar-refractivity contribution in [3.63, 3.8) is 0 Å². The summed E-state index contributed by atoms with van der Waals surface area (Å²) >= 11 is 0. The lowest BCUT2D eigenvalue weighted by Crippen LogP contribution is -1.96. The summed E-state index contributed by atoms with van der Waals surface area (Å²) in [7, 11) is 1.63. The van der Waals surface area contributed by atoms with E-state index in [9.17, 15) is 0 Å². The van der Waals surface area contributed by atoms with Crippen LogP contribution in [0.5, 0.6) is 0 Å². The van der Waals surface area contributed by atoms with Crippen molar-refractivity contribution in [3.8, 4) is 0 Å². The van der Waals surface area contributed by atoms with Crippen LogP contribution >= 0.6 is 0 Å². The van der Waals surface area contributed by atoms with E-state index >= 15 is 0 Å². The van der Waals surface area contributed by atoms with Gasteiger partial charge in [0.2, 0.25) is 0 Å². The maximum Gasteiger partial charge on any atom is 0.279 e. The van der Waals surface area contributed by atoms with Crippen LogP contribution in [0, 0.1) is 0 Å². The fraction of sp³-hybridized carbons (Fsp3) is 0.385. The van der Waals surface area contributed by atoms with Gasteiger partial charge in [0.05, 0.1) is 13.7 Å². The summed E-state index contributed by atoms with van der Waals surface area (Å²) < 4.78 is 10.6. The fourth-order valence-corrected chi connectivity index (χ4v) is 1.16. The van der Waals surface area contributed by atoms with Crippen LogP contribution in [0.2, 0.25) is 0 Å². The lowest BCUT2D eigenvalue weighted by molar-refractivity contribution is 0.0647. The molecule has 0 aromatic heterocycles. The van der Waals surface area contributed by atoms with Crippen LogP contribution in [-0.4, -0.2) is 13.7 Å². The minimum Gasteiger partial charge on any atom is -0.469 e. The van der Waals surface area contributed by atoms with E-state index in [2.05, 4.69) is 6.92 Å². The van der Waals surface area contributed by atoms with Crippen LogP contribution in [-0.2, 0) is 9.47 Å². The lowest BCUT2D eigenvalue weighted by Gasteiger charge is -2.08. The maximum absolute atomic E-state index is 5.47. The first-order valence-electron chi connectivity index (χ1n) is 5.30. The molecule has 0 saturated carbocycles. The molecule has 15 heavy (non-hydrogen) atoms. The molecule has 82 valence electrons. The molecule has 0 saturated heterocycles. The molecule has 0 aliphatic carbocycles. The van der Waals surface area contributed by atoms with Crippen molar-refractivity contribution in [3.05, 3.63) is 41.8 Å². The quantitative estimate of drug-likeness (QED) is 0.524. The molecule has 0 bridgehead atoms. The standard InChI is InChI=1S/C13H18O2/c1-3-4-10-15-13(14-2)11-12-8-6-5-7-9-12/h5-9,11H,3-4,10H2,1-2H3. The Hall–Kier alpha value is -1.44. The van der Waals surface area contributed by atoms with Crippen LogP contribution in [0.1, 0.15) is 25.3 Å². The average Bonchev–Trinajstić information content (AvgIpc) is 2.29. The van der Waals surface area contributed by atoms with Gasteiger partial charge in [-0.3, -0.25) is 0 Å². The van der Waals surface area contributed by atoms with Crippen LogP contribution in [0.25, 0.3) is 6.08 Å². The van der Waals surface area contributed by atoms with Crippen molar-refractivity contribution < 1.29 is 9.47 Å². The minimum absolute atomic E-state index is 0.578. The third-order valence-corrected chi connectivity index (χ3v) is 2.03. The van der Waals surface area contributed by atoms with Gasteiger partial charge in [-0.2, -0.15) is 0 Å². The summed E-state index contributed by atoms with van der Waals surface area (Å²) in [5, 5.41) is 0. The summed E-state index contributed by atoms with van der Waals surface area (Å²) in [6, 6.07) is 10.0. The first-order chi connectivity index (χ1) is 7.36. The molecule has 1 rings (SSSR count). The molecule has 2 heteroatoms. The highest BCUT2D eigenvalue weighted by atomic mass is 16.7. The van der Waals surface area contributed by atoms with Gasteiger partial charge in [-0.1, -0.05) is 43.7 Å². The predicted molar refractivity (Wildman–Crippen MR) is 62.3 cm³/mol. The van der Waals surface area contributed by atoms with Gasteiger partial charge in [0.25, 0.3) is 5.95 Å². The summed E-state index contributed by atoms with van der Waals surface area (Å²) in [4.78, 5) is 0. The normalized spacial score (nSPS) is 11.2. The molecular weight excluding hydrogens is 188 g/mol. The second-order valence-corrected chi connectivity index (χ2v) is 3.28. The molecule has 1 aromatic rings. The Morgan fingerprint density at radius 1 is 1.27 bits per heavy atom. The van der Waals surface area contributed by atoms with E-state index < -0.39 is 0 Å². The smallest absolute Gasteiger partial charge is 0.279 e. The second kappa shape index (κ2) is 6.93. The number of rotatable bonds is 6. The van der Waals surface area contributed by atoms with Crippen molar-refractivity contribution in [2.75, 3.05) is 13.7 Å². The highest BCUT2D eigenvalue weighted by molar-refractivity contribution is 5.49. The van der Waals surface area contributed by atoms with E-state index in [1.54, 1.807) is 7.11 Å². The van der Waals surface area contributed by atoms with E-state index in [1.165, 1.54) is 0 Å². The Kier molecular flexibility index (Phi) is 5.38. The molecule has 0 heterocycles. The van der Waals surface area contributed by atoms with Crippen molar-refractivity contribution in [2.24, 2.45) is 0 Å². The van der Waals surface area contributed by atoms with Gasteiger partial charge in [-0.05, 0) is 12.0 Å². The zero-order chi connectivity index (χ0) is 10.9. The Morgan fingerprint density at radius 3 is 2.60 bits per heavy atom. The summed E-state index contributed by atoms with van der Waals surface area (Å²) in [5.41, 5.74) is 1.09. The van der Waals surface area contributed by atoms with Crippen LogP contribution < -0.4 is 0 Å². The molecule has 2 nitrogen and oxygen atoms in total. The number of methoxy groups -OCH3 is 1. The van der Waals surface area contributed by atoms with Gasteiger partial charge in [-0.15, -0.1) is 0 Å². The SMILES string of the molecule is CCCCOC(=Cc1ccccc1)OC. The van der Waals surface area contributed by atoms with Gasteiger partial charge in [0.1, 0.15) is 0 Å². The first-order valence-corrected chi connectivity index (χ1v) is 5.30. The van der Waals surface area contributed by atoms with E-state index in [1.807, 2.05) is 36.4 Å². The molecule has 0 radical (unpaired) electrons. The molecule has 0 N–H and O–H groups in total. The first kappa shape index (κ1) is 11.6. The molecular formula is C13H18O2. The van der Waals surface area contributed by atoms with Crippen molar-refractivity contribution >= 4 is 6.08 Å². The zero-order valence-corrected chi connectivity index (χ0v) is 9.40. The predicted octanol–water partition coefficient (Wildman–Crippen LogP) is 3.45. The average molecular weight is 206 g/mol. The van der Waals surface area contributed by atoms with Crippen LogP contribution in [0.15, 0.2) is 36.3 Å². The van der Waals surface area contributed by atoms with Gasteiger partial charge in [0, 0.05) is 6.08 Å². The van der Waals surface area contributed by atoms with Gasteiger partial charge < -0.3 is 9.47 Å². The Morgan fingerprint density at radius 2 is 2.00 bits per heavy atom. The Labute approximate surface area is 91.5 Å². The van der Waals surface area contributed by atoms with Crippen molar-refractivity contribution in [2.45, 2.75) is 19.8 Å².